The van der Waals surface area contributed by atoms with Crippen LogP contribution in [0.25, 0.3) is 0 Å². The first-order valence-electron chi connectivity index (χ1n) is 3.42. The fourth-order valence-electron chi connectivity index (χ4n) is 0.816. The van der Waals surface area contributed by atoms with Crippen LogP contribution >= 0.6 is 0 Å². The summed E-state index contributed by atoms with van der Waals surface area (Å²) in [7, 11) is 1.55. The van der Waals surface area contributed by atoms with Gasteiger partial charge in [0, 0.05) is 13.3 Å². The van der Waals surface area contributed by atoms with Gasteiger partial charge in [0.05, 0.1) is 12.3 Å². The first kappa shape index (κ1) is 8.17. The quantitative estimate of drug-likeness (QED) is 0.697. The van der Waals surface area contributed by atoms with Gasteiger partial charge in [-0.15, -0.1) is 0 Å². The Hall–Kier alpha value is -0.930. The summed E-state index contributed by atoms with van der Waals surface area (Å²) in [6, 6.07) is 5.41. The Labute approximate surface area is 65.7 Å². The van der Waals surface area contributed by atoms with Gasteiger partial charge in [0.2, 0.25) is 0 Å². The second kappa shape index (κ2) is 4.05. The van der Waals surface area contributed by atoms with Crippen molar-refractivity contribution >= 4 is 0 Å². The summed E-state index contributed by atoms with van der Waals surface area (Å²) < 4.78 is 4.77. The summed E-state index contributed by atoms with van der Waals surface area (Å²) in [5.74, 6) is 0. The lowest BCUT2D eigenvalue weighted by Gasteiger charge is -2.06. The van der Waals surface area contributed by atoms with E-state index in [1.54, 1.807) is 19.4 Å². The average Bonchev–Trinajstić information content (AvgIpc) is 2.07. The molecule has 1 N–H and O–H groups in total. The minimum absolute atomic E-state index is 0.289. The van der Waals surface area contributed by atoms with Gasteiger partial charge in [-0.25, -0.2) is 0 Å². The van der Waals surface area contributed by atoms with E-state index < -0.39 is 6.10 Å². The molecule has 0 aliphatic carbocycles. The first-order valence-corrected chi connectivity index (χ1v) is 3.42. The number of aliphatic hydroxyl groups excluding tert-OH is 1. The molecule has 60 valence electrons. The normalized spacial score (nSPS) is 12.9. The predicted octanol–water partition coefficient (Wildman–Crippen LogP) is 0.761. The van der Waals surface area contributed by atoms with Gasteiger partial charge in [-0.1, -0.05) is 6.07 Å². The molecule has 0 unspecified atom stereocenters. The minimum atomic E-state index is -0.610. The lowest BCUT2D eigenvalue weighted by Crippen LogP contribution is -2.06. The standard InChI is InChI=1S/C8H11NO2/c1-11-6-8(10)7-4-2-3-5-9-7/h2-5,8,10H,6H2,1H3/t8-/m1/s1. The highest BCUT2D eigenvalue weighted by molar-refractivity contribution is 5.06. The Balaban J connectivity index is 2.61. The van der Waals surface area contributed by atoms with Crippen LogP contribution in [-0.4, -0.2) is 23.8 Å². The topological polar surface area (TPSA) is 42.4 Å². The molecule has 1 aromatic rings. The molecule has 0 spiro atoms. The number of aliphatic hydroxyl groups is 1. The Morgan fingerprint density at radius 3 is 3.00 bits per heavy atom. The number of nitrogens with zero attached hydrogens (tertiary/aromatic N) is 1. The molecule has 1 rings (SSSR count). The van der Waals surface area contributed by atoms with E-state index in [9.17, 15) is 5.11 Å². The third-order valence-corrected chi connectivity index (χ3v) is 1.35. The Bertz CT molecular complexity index is 201. The van der Waals surface area contributed by atoms with Crippen molar-refractivity contribution in [3.8, 4) is 0 Å². The number of pyridine rings is 1. The summed E-state index contributed by atoms with van der Waals surface area (Å²) in [5.41, 5.74) is 0.648. The average molecular weight is 153 g/mol. The summed E-state index contributed by atoms with van der Waals surface area (Å²) in [5, 5.41) is 9.33. The van der Waals surface area contributed by atoms with Gasteiger partial charge in [-0.05, 0) is 12.1 Å². The van der Waals surface area contributed by atoms with Crippen LogP contribution < -0.4 is 0 Å². The molecular weight excluding hydrogens is 142 g/mol. The second-order valence-corrected chi connectivity index (χ2v) is 2.23. The molecule has 0 aliphatic heterocycles. The number of hydrogen-bond donors (Lipinski definition) is 1. The number of ether oxygens (including phenoxy) is 1. The highest BCUT2D eigenvalue weighted by Gasteiger charge is 2.05. The highest BCUT2D eigenvalue weighted by atomic mass is 16.5. The van der Waals surface area contributed by atoms with Gasteiger partial charge in [0.1, 0.15) is 6.10 Å². The smallest absolute Gasteiger partial charge is 0.119 e. The lowest BCUT2D eigenvalue weighted by molar-refractivity contribution is 0.0617. The molecule has 0 fully saturated rings. The van der Waals surface area contributed by atoms with E-state index in [4.69, 9.17) is 4.74 Å². The molecule has 11 heavy (non-hydrogen) atoms. The number of hydrogen-bond acceptors (Lipinski definition) is 3. The summed E-state index contributed by atoms with van der Waals surface area (Å²) in [6.07, 6.45) is 1.04. The summed E-state index contributed by atoms with van der Waals surface area (Å²) in [4.78, 5) is 3.97. The largest absolute Gasteiger partial charge is 0.384 e. The summed E-state index contributed by atoms with van der Waals surface area (Å²) >= 11 is 0. The van der Waals surface area contributed by atoms with Gasteiger partial charge < -0.3 is 9.84 Å². The maximum absolute atomic E-state index is 9.33. The monoisotopic (exact) mass is 153 g/mol. The summed E-state index contributed by atoms with van der Waals surface area (Å²) in [6.45, 7) is 0.289. The van der Waals surface area contributed by atoms with Crippen molar-refractivity contribution in [1.29, 1.82) is 0 Å². The Morgan fingerprint density at radius 1 is 1.64 bits per heavy atom. The predicted molar refractivity (Wildman–Crippen MR) is 41.1 cm³/mol. The maximum Gasteiger partial charge on any atom is 0.119 e. The van der Waals surface area contributed by atoms with E-state index in [0.717, 1.165) is 0 Å². The molecule has 3 heteroatoms. The highest BCUT2D eigenvalue weighted by Crippen LogP contribution is 2.07. The van der Waals surface area contributed by atoms with Crippen LogP contribution in [0.4, 0.5) is 0 Å². The van der Waals surface area contributed by atoms with Crippen molar-refractivity contribution in [2.75, 3.05) is 13.7 Å². The van der Waals surface area contributed by atoms with E-state index >= 15 is 0 Å². The Morgan fingerprint density at radius 2 is 2.45 bits per heavy atom. The number of aromatic nitrogens is 1. The molecule has 3 nitrogen and oxygen atoms in total. The van der Waals surface area contributed by atoms with Crippen molar-refractivity contribution in [1.82, 2.24) is 4.98 Å². The van der Waals surface area contributed by atoms with Crippen LogP contribution in [0.3, 0.4) is 0 Å². The molecule has 1 aromatic heterocycles. The third kappa shape index (κ3) is 2.29. The van der Waals surface area contributed by atoms with Crippen LogP contribution in [0.2, 0.25) is 0 Å². The van der Waals surface area contributed by atoms with Crippen LogP contribution in [0.1, 0.15) is 11.8 Å². The van der Waals surface area contributed by atoms with E-state index in [1.807, 2.05) is 12.1 Å². The van der Waals surface area contributed by atoms with Gasteiger partial charge in [0.25, 0.3) is 0 Å². The third-order valence-electron chi connectivity index (χ3n) is 1.35. The molecule has 0 aliphatic rings. The first-order chi connectivity index (χ1) is 5.34. The molecule has 0 aromatic carbocycles. The van der Waals surface area contributed by atoms with E-state index in [2.05, 4.69) is 4.98 Å². The second-order valence-electron chi connectivity index (χ2n) is 2.23. The molecule has 0 saturated carbocycles. The molecule has 0 saturated heterocycles. The maximum atomic E-state index is 9.33. The number of methoxy groups -OCH3 is 1. The van der Waals surface area contributed by atoms with E-state index in [1.165, 1.54) is 0 Å². The van der Waals surface area contributed by atoms with E-state index in [0.29, 0.717) is 5.69 Å². The molecule has 0 amide bonds. The Kier molecular flexibility index (Phi) is 3.01. The zero-order chi connectivity index (χ0) is 8.10. The van der Waals surface area contributed by atoms with Crippen molar-refractivity contribution in [2.24, 2.45) is 0 Å². The van der Waals surface area contributed by atoms with Crippen LogP contribution in [0.15, 0.2) is 24.4 Å². The lowest BCUT2D eigenvalue weighted by atomic mass is 10.2. The molecular formula is C8H11NO2. The van der Waals surface area contributed by atoms with Gasteiger partial charge in [0.15, 0.2) is 0 Å². The van der Waals surface area contributed by atoms with Crippen LogP contribution in [-0.2, 0) is 4.74 Å². The van der Waals surface area contributed by atoms with Gasteiger partial charge >= 0.3 is 0 Å². The fraction of sp³-hybridized carbons (Fsp3) is 0.375. The molecule has 0 radical (unpaired) electrons. The van der Waals surface area contributed by atoms with Crippen molar-refractivity contribution in [3.63, 3.8) is 0 Å². The molecule has 1 heterocycles. The van der Waals surface area contributed by atoms with Gasteiger partial charge in [-0.2, -0.15) is 0 Å². The molecule has 1 atom stereocenters. The number of rotatable bonds is 3. The van der Waals surface area contributed by atoms with Crippen molar-refractivity contribution in [3.05, 3.63) is 30.1 Å². The SMILES string of the molecule is COC[C@@H](O)c1ccccn1. The van der Waals surface area contributed by atoms with Crippen LogP contribution in [0, 0.1) is 0 Å². The van der Waals surface area contributed by atoms with Gasteiger partial charge in [-0.3, -0.25) is 4.98 Å². The minimum Gasteiger partial charge on any atom is -0.384 e. The fourth-order valence-corrected chi connectivity index (χ4v) is 0.816. The van der Waals surface area contributed by atoms with Crippen LogP contribution in [0.5, 0.6) is 0 Å². The van der Waals surface area contributed by atoms with E-state index in [-0.39, 0.29) is 6.61 Å². The zero-order valence-electron chi connectivity index (χ0n) is 6.40. The van der Waals surface area contributed by atoms with Crippen molar-refractivity contribution in [2.45, 2.75) is 6.10 Å². The zero-order valence-corrected chi connectivity index (χ0v) is 6.40. The molecule has 0 bridgehead atoms. The van der Waals surface area contributed by atoms with Crippen molar-refractivity contribution < 1.29 is 9.84 Å².